The Bertz CT molecular complexity index is 1180. The fourth-order valence-electron chi connectivity index (χ4n) is 4.47. The van der Waals surface area contributed by atoms with Gasteiger partial charge >= 0.3 is 11.8 Å². The zero-order valence-electron chi connectivity index (χ0n) is 19.5. The summed E-state index contributed by atoms with van der Waals surface area (Å²) in [4.78, 5) is 24.5. The third-order valence-corrected chi connectivity index (χ3v) is 8.15. The zero-order valence-corrected chi connectivity index (χ0v) is 20.3. The maximum Gasteiger partial charge on any atom is 0.313 e. The number of hydrogen-bond donors (Lipinski definition) is 2. The van der Waals surface area contributed by atoms with E-state index in [1.165, 1.54) is 4.31 Å². The van der Waals surface area contributed by atoms with Crippen molar-refractivity contribution in [2.45, 2.75) is 57.4 Å². The summed E-state index contributed by atoms with van der Waals surface area (Å²) in [7, 11) is -3.74. The molecule has 1 saturated heterocycles. The number of hydrogen-bond acceptors (Lipinski definition) is 4. The van der Waals surface area contributed by atoms with E-state index in [4.69, 9.17) is 0 Å². The molecule has 1 aliphatic rings. The van der Waals surface area contributed by atoms with Crippen molar-refractivity contribution in [3.05, 3.63) is 58.7 Å². The van der Waals surface area contributed by atoms with Crippen molar-refractivity contribution in [1.29, 1.82) is 0 Å². The van der Waals surface area contributed by atoms with Crippen molar-refractivity contribution >= 4 is 27.5 Å². The molecule has 1 aliphatic heterocycles. The van der Waals surface area contributed by atoms with Crippen molar-refractivity contribution in [3.8, 4) is 0 Å². The lowest BCUT2D eigenvalue weighted by molar-refractivity contribution is -0.136. The quantitative estimate of drug-likeness (QED) is 0.602. The highest BCUT2D eigenvalue weighted by Gasteiger charge is 2.35. The van der Waals surface area contributed by atoms with Crippen LogP contribution in [-0.4, -0.2) is 43.7 Å². The van der Waals surface area contributed by atoms with Gasteiger partial charge in [-0.15, -0.1) is 0 Å². The van der Waals surface area contributed by atoms with Crippen LogP contribution in [0.2, 0.25) is 0 Å². The lowest BCUT2D eigenvalue weighted by atomic mass is 10.0. The van der Waals surface area contributed by atoms with E-state index in [1.54, 1.807) is 13.8 Å². The fraction of sp³-hybridized carbons (Fsp3) is 0.417. The molecule has 0 bridgehead atoms. The number of sulfonamides is 1. The van der Waals surface area contributed by atoms with Gasteiger partial charge in [-0.05, 0) is 63.3 Å². The van der Waals surface area contributed by atoms with Crippen LogP contribution in [0.3, 0.4) is 0 Å². The lowest BCUT2D eigenvalue weighted by Crippen LogP contribution is -2.46. The largest absolute Gasteiger partial charge is 0.348 e. The average Bonchev–Trinajstić information content (AvgIpc) is 2.75. The first-order chi connectivity index (χ1) is 16.0. The molecule has 1 fully saturated rings. The smallest absolute Gasteiger partial charge is 0.313 e. The highest BCUT2D eigenvalue weighted by molar-refractivity contribution is 7.89. The van der Waals surface area contributed by atoms with E-state index in [9.17, 15) is 26.8 Å². The summed E-state index contributed by atoms with van der Waals surface area (Å²) < 4.78 is 55.2. The number of aryl methyl sites for hydroxylation is 3. The second-order valence-corrected chi connectivity index (χ2v) is 10.4. The molecule has 0 aliphatic carbocycles. The van der Waals surface area contributed by atoms with E-state index in [0.29, 0.717) is 41.5 Å². The van der Waals surface area contributed by atoms with E-state index in [-0.39, 0.29) is 18.3 Å². The number of nitrogens with one attached hydrogen (secondary N) is 2. The van der Waals surface area contributed by atoms with Crippen LogP contribution < -0.4 is 10.6 Å². The Labute approximate surface area is 198 Å². The van der Waals surface area contributed by atoms with Gasteiger partial charge in [-0.3, -0.25) is 9.59 Å². The Kier molecular flexibility index (Phi) is 8.04. The molecule has 2 aromatic rings. The first-order valence-electron chi connectivity index (χ1n) is 11.1. The molecule has 1 atom stereocenters. The standard InChI is InChI=1S/C24H29F2N3O4S/c1-15-12-16(2)22(17(3)13-15)34(32,33)29-11-5-4-6-19(29)9-10-27-23(30)24(31)28-21-8-7-18(25)14-20(21)26/h7-8,12-14,19H,4-6,9-11H2,1-3H3,(H,27,30)(H,28,31)/t19-/m1/s1. The van der Waals surface area contributed by atoms with Gasteiger partial charge in [0.05, 0.1) is 10.6 Å². The molecule has 0 saturated carbocycles. The minimum atomic E-state index is -3.74. The van der Waals surface area contributed by atoms with Gasteiger partial charge in [0.1, 0.15) is 11.6 Å². The van der Waals surface area contributed by atoms with Crippen LogP contribution in [0.5, 0.6) is 0 Å². The first-order valence-corrected chi connectivity index (χ1v) is 12.6. The number of carbonyl (C=O) groups excluding carboxylic acids is 2. The number of piperidine rings is 1. The van der Waals surface area contributed by atoms with Crippen LogP contribution in [0.1, 0.15) is 42.4 Å². The fourth-order valence-corrected chi connectivity index (χ4v) is 6.61. The van der Waals surface area contributed by atoms with Crippen LogP contribution in [0.15, 0.2) is 35.2 Å². The normalized spacial score (nSPS) is 16.8. The van der Waals surface area contributed by atoms with Crippen LogP contribution in [0.4, 0.5) is 14.5 Å². The molecule has 34 heavy (non-hydrogen) atoms. The zero-order chi connectivity index (χ0) is 25.0. The Morgan fingerprint density at radius 3 is 2.35 bits per heavy atom. The van der Waals surface area contributed by atoms with Crippen molar-refractivity contribution in [1.82, 2.24) is 9.62 Å². The highest BCUT2D eigenvalue weighted by Crippen LogP contribution is 2.31. The van der Waals surface area contributed by atoms with Crippen molar-refractivity contribution < 1.29 is 26.8 Å². The van der Waals surface area contributed by atoms with Crippen LogP contribution in [-0.2, 0) is 19.6 Å². The number of nitrogens with zero attached hydrogens (tertiary/aromatic N) is 1. The molecule has 0 aromatic heterocycles. The molecule has 0 unspecified atom stereocenters. The molecular formula is C24H29F2N3O4S. The average molecular weight is 494 g/mol. The van der Waals surface area contributed by atoms with E-state index in [1.807, 2.05) is 19.1 Å². The summed E-state index contributed by atoms with van der Waals surface area (Å²) in [5.41, 5.74) is 2.07. The molecule has 3 rings (SSSR count). The second kappa shape index (κ2) is 10.6. The van der Waals surface area contributed by atoms with E-state index in [2.05, 4.69) is 10.6 Å². The molecule has 2 amide bonds. The van der Waals surface area contributed by atoms with Crippen molar-refractivity contribution in [2.24, 2.45) is 0 Å². The third kappa shape index (κ3) is 5.79. The van der Waals surface area contributed by atoms with Gasteiger partial charge in [-0.1, -0.05) is 24.1 Å². The number of carbonyl (C=O) groups is 2. The second-order valence-electron chi connectivity index (χ2n) is 8.62. The maximum atomic E-state index is 13.7. The molecule has 2 aromatic carbocycles. The van der Waals surface area contributed by atoms with Gasteiger partial charge in [0.15, 0.2) is 0 Å². The number of amides is 2. The summed E-state index contributed by atoms with van der Waals surface area (Å²) in [5.74, 6) is -3.88. The summed E-state index contributed by atoms with van der Waals surface area (Å²) >= 11 is 0. The Hall–Kier alpha value is -2.85. The molecule has 7 nitrogen and oxygen atoms in total. The Morgan fingerprint density at radius 2 is 1.71 bits per heavy atom. The molecule has 1 heterocycles. The van der Waals surface area contributed by atoms with Gasteiger partial charge < -0.3 is 10.6 Å². The Balaban J connectivity index is 1.64. The van der Waals surface area contributed by atoms with Gasteiger partial charge in [0.2, 0.25) is 10.0 Å². The number of halogens is 2. The predicted octanol–water partition coefficient (Wildman–Crippen LogP) is 3.58. The van der Waals surface area contributed by atoms with Gasteiger partial charge in [-0.25, -0.2) is 17.2 Å². The maximum absolute atomic E-state index is 13.7. The molecule has 2 N–H and O–H groups in total. The summed E-state index contributed by atoms with van der Waals surface area (Å²) in [6, 6.07) is 5.96. The van der Waals surface area contributed by atoms with E-state index >= 15 is 0 Å². The van der Waals surface area contributed by atoms with Gasteiger partial charge in [0, 0.05) is 25.2 Å². The van der Waals surface area contributed by atoms with Crippen molar-refractivity contribution in [2.75, 3.05) is 18.4 Å². The molecule has 0 radical (unpaired) electrons. The minimum absolute atomic E-state index is 0.0701. The SMILES string of the molecule is Cc1cc(C)c(S(=O)(=O)N2CCCC[C@@H]2CCNC(=O)C(=O)Nc2ccc(F)cc2F)c(C)c1. The summed E-state index contributed by atoms with van der Waals surface area (Å²) in [6.45, 7) is 5.95. The van der Waals surface area contributed by atoms with Crippen LogP contribution in [0.25, 0.3) is 0 Å². The lowest BCUT2D eigenvalue weighted by Gasteiger charge is -2.35. The Morgan fingerprint density at radius 1 is 1.03 bits per heavy atom. The number of benzene rings is 2. The van der Waals surface area contributed by atoms with E-state index in [0.717, 1.165) is 30.5 Å². The van der Waals surface area contributed by atoms with Crippen LogP contribution >= 0.6 is 0 Å². The minimum Gasteiger partial charge on any atom is -0.348 e. The first kappa shape index (κ1) is 25.8. The molecular weight excluding hydrogens is 464 g/mol. The van der Waals surface area contributed by atoms with Crippen LogP contribution in [0, 0.1) is 32.4 Å². The topological polar surface area (TPSA) is 95.6 Å². The predicted molar refractivity (Wildman–Crippen MR) is 125 cm³/mol. The summed E-state index contributed by atoms with van der Waals surface area (Å²) in [6.07, 6.45) is 2.58. The summed E-state index contributed by atoms with van der Waals surface area (Å²) in [5, 5.41) is 4.55. The molecule has 10 heteroatoms. The monoisotopic (exact) mass is 493 g/mol. The molecule has 0 spiro atoms. The van der Waals surface area contributed by atoms with Crippen molar-refractivity contribution in [3.63, 3.8) is 0 Å². The highest BCUT2D eigenvalue weighted by atomic mass is 32.2. The van der Waals surface area contributed by atoms with Gasteiger partial charge in [0.25, 0.3) is 0 Å². The van der Waals surface area contributed by atoms with E-state index < -0.39 is 33.5 Å². The number of anilines is 1. The molecule has 184 valence electrons. The number of rotatable bonds is 6. The van der Waals surface area contributed by atoms with Gasteiger partial charge in [-0.2, -0.15) is 4.31 Å². The third-order valence-electron chi connectivity index (χ3n) is 5.89.